The maximum Gasteiger partial charge on any atom is 0.189 e. The zero-order valence-corrected chi connectivity index (χ0v) is 23.9. The van der Waals surface area contributed by atoms with Crippen LogP contribution in [0.5, 0.6) is 46.0 Å². The summed E-state index contributed by atoms with van der Waals surface area (Å²) < 4.78 is 0. The number of hydrogen-bond acceptors (Lipinski definition) is 10. The van der Waals surface area contributed by atoms with Gasteiger partial charge in [-0.25, -0.2) is 0 Å². The average molecular weight is 611 g/mol. The topological polar surface area (TPSA) is 196 Å². The number of carbonyl (C=O) groups is 2. The SMILES string of the molecule is CC1=C[C@@H](c2c(O)ccc(C(=O)/C=C/c3ccc(O)cc3O)c2O)[C@H](C(=O)c2ccc(O)cc2O)[C@@H](c2ccc(O)cc2O)C1. The standard InChI is InChI=1S/C35H30O10/c1-17-12-25(22-7-5-20(37)15-30(22)42)32(34(44)24-8-6-21(38)16-31(24)43)26(13-17)33-28(40)11-9-23(35(33)45)27(39)10-3-18-2-4-19(36)14-29(18)41/h2-11,13-16,25-26,32,36-38,40-43,45H,12H2,1H3/b10-3+/t25-,26-,32-/m1/s1. The van der Waals surface area contributed by atoms with Crippen molar-refractivity contribution in [1.82, 2.24) is 0 Å². The van der Waals surface area contributed by atoms with Gasteiger partial charge in [0.2, 0.25) is 0 Å². The third kappa shape index (κ3) is 5.98. The molecule has 1 aliphatic rings. The van der Waals surface area contributed by atoms with E-state index in [2.05, 4.69) is 0 Å². The number of aromatic hydroxyl groups is 8. The summed E-state index contributed by atoms with van der Waals surface area (Å²) in [6, 6.07) is 13.6. The highest BCUT2D eigenvalue weighted by molar-refractivity contribution is 6.09. The molecule has 0 fully saturated rings. The lowest BCUT2D eigenvalue weighted by molar-refractivity contribution is 0.0876. The zero-order valence-electron chi connectivity index (χ0n) is 23.9. The molecule has 230 valence electrons. The summed E-state index contributed by atoms with van der Waals surface area (Å²) in [5.41, 5.74) is 0.750. The molecule has 0 aromatic heterocycles. The number of benzene rings is 4. The van der Waals surface area contributed by atoms with Gasteiger partial charge in [0.05, 0.1) is 11.1 Å². The summed E-state index contributed by atoms with van der Waals surface area (Å²) in [4.78, 5) is 27.5. The maximum atomic E-state index is 14.3. The van der Waals surface area contributed by atoms with Crippen LogP contribution in [0.2, 0.25) is 0 Å². The fraction of sp³-hybridized carbons (Fsp3) is 0.143. The largest absolute Gasteiger partial charge is 0.508 e. The minimum atomic E-state index is -1.16. The Balaban J connectivity index is 1.65. The highest BCUT2D eigenvalue weighted by atomic mass is 16.3. The molecule has 10 nitrogen and oxygen atoms in total. The van der Waals surface area contributed by atoms with E-state index in [0.29, 0.717) is 5.56 Å². The van der Waals surface area contributed by atoms with Crippen molar-refractivity contribution in [3.8, 4) is 46.0 Å². The van der Waals surface area contributed by atoms with E-state index in [1.165, 1.54) is 54.6 Å². The molecule has 10 heteroatoms. The van der Waals surface area contributed by atoms with Gasteiger partial charge in [-0.15, -0.1) is 0 Å². The van der Waals surface area contributed by atoms with Crippen LogP contribution in [0.1, 0.15) is 62.6 Å². The van der Waals surface area contributed by atoms with Gasteiger partial charge in [-0.2, -0.15) is 0 Å². The lowest BCUT2D eigenvalue weighted by Crippen LogP contribution is -2.31. The Morgan fingerprint density at radius 1 is 0.689 bits per heavy atom. The van der Waals surface area contributed by atoms with Crippen LogP contribution in [0.25, 0.3) is 6.08 Å². The van der Waals surface area contributed by atoms with E-state index in [0.717, 1.165) is 29.8 Å². The van der Waals surface area contributed by atoms with Gasteiger partial charge in [0.15, 0.2) is 11.6 Å². The van der Waals surface area contributed by atoms with Crippen molar-refractivity contribution in [2.24, 2.45) is 5.92 Å². The smallest absolute Gasteiger partial charge is 0.189 e. The summed E-state index contributed by atoms with van der Waals surface area (Å²) in [6.45, 7) is 1.77. The normalized spacial score (nSPS) is 18.1. The van der Waals surface area contributed by atoms with Crippen molar-refractivity contribution in [2.75, 3.05) is 0 Å². The Morgan fingerprint density at radius 2 is 1.29 bits per heavy atom. The van der Waals surface area contributed by atoms with Crippen molar-refractivity contribution in [3.05, 3.63) is 112 Å². The maximum absolute atomic E-state index is 14.3. The van der Waals surface area contributed by atoms with Crippen molar-refractivity contribution in [1.29, 1.82) is 0 Å². The van der Waals surface area contributed by atoms with Crippen molar-refractivity contribution in [2.45, 2.75) is 25.2 Å². The van der Waals surface area contributed by atoms with E-state index in [9.17, 15) is 50.4 Å². The molecule has 0 bridgehead atoms. The van der Waals surface area contributed by atoms with Crippen molar-refractivity contribution in [3.63, 3.8) is 0 Å². The van der Waals surface area contributed by atoms with Crippen LogP contribution in [0.3, 0.4) is 0 Å². The van der Waals surface area contributed by atoms with Gasteiger partial charge in [-0.1, -0.05) is 17.7 Å². The monoisotopic (exact) mass is 610 g/mol. The predicted molar refractivity (Wildman–Crippen MR) is 164 cm³/mol. The molecule has 0 unspecified atom stereocenters. The van der Waals surface area contributed by atoms with Gasteiger partial charge in [-0.3, -0.25) is 9.59 Å². The van der Waals surface area contributed by atoms with Crippen LogP contribution < -0.4 is 0 Å². The fourth-order valence-electron chi connectivity index (χ4n) is 5.92. The Morgan fingerprint density at radius 3 is 1.93 bits per heavy atom. The highest BCUT2D eigenvalue weighted by Gasteiger charge is 2.43. The van der Waals surface area contributed by atoms with Gasteiger partial charge in [0.25, 0.3) is 0 Å². The second kappa shape index (κ2) is 12.0. The molecule has 0 aliphatic heterocycles. The minimum Gasteiger partial charge on any atom is -0.508 e. The molecule has 3 atom stereocenters. The Labute approximate surface area is 257 Å². The van der Waals surface area contributed by atoms with Crippen LogP contribution in [0.4, 0.5) is 0 Å². The van der Waals surface area contributed by atoms with E-state index in [1.807, 2.05) is 0 Å². The summed E-state index contributed by atoms with van der Waals surface area (Å²) in [7, 11) is 0. The second-order valence-electron chi connectivity index (χ2n) is 11.0. The molecule has 0 amide bonds. The number of rotatable bonds is 7. The van der Waals surface area contributed by atoms with Crippen LogP contribution in [0.15, 0.2) is 84.5 Å². The van der Waals surface area contributed by atoms with Gasteiger partial charge in [-0.05, 0) is 73.5 Å². The first-order valence-electron chi connectivity index (χ1n) is 13.9. The third-order valence-electron chi connectivity index (χ3n) is 8.01. The third-order valence-corrected chi connectivity index (χ3v) is 8.01. The summed E-state index contributed by atoms with van der Waals surface area (Å²) in [5.74, 6) is -7.07. The Hall–Kier alpha value is -5.90. The molecule has 0 saturated heterocycles. The number of phenolic OH excluding ortho intramolecular Hbond substituents is 8. The first-order chi connectivity index (χ1) is 21.3. The van der Waals surface area contributed by atoms with Crippen LogP contribution >= 0.6 is 0 Å². The Bertz CT molecular complexity index is 1890. The highest BCUT2D eigenvalue weighted by Crippen LogP contribution is 2.53. The lowest BCUT2D eigenvalue weighted by atomic mass is 9.65. The van der Waals surface area contributed by atoms with Gasteiger partial charge >= 0.3 is 0 Å². The molecule has 8 N–H and O–H groups in total. The van der Waals surface area contributed by atoms with Crippen molar-refractivity contribution >= 4 is 17.6 Å². The molecular formula is C35H30O10. The molecule has 4 aromatic carbocycles. The first-order valence-corrected chi connectivity index (χ1v) is 13.9. The van der Waals surface area contributed by atoms with Crippen LogP contribution in [-0.4, -0.2) is 52.4 Å². The number of phenols is 8. The summed E-state index contributed by atoms with van der Waals surface area (Å²) in [6.07, 6.45) is 4.31. The zero-order chi connectivity index (χ0) is 32.6. The van der Waals surface area contributed by atoms with E-state index >= 15 is 0 Å². The molecule has 45 heavy (non-hydrogen) atoms. The molecule has 0 radical (unpaired) electrons. The summed E-state index contributed by atoms with van der Waals surface area (Å²) >= 11 is 0. The van der Waals surface area contributed by atoms with E-state index < -0.39 is 46.6 Å². The van der Waals surface area contributed by atoms with Crippen LogP contribution in [-0.2, 0) is 0 Å². The average Bonchev–Trinajstić information content (AvgIpc) is 2.96. The molecular weight excluding hydrogens is 580 g/mol. The predicted octanol–water partition coefficient (Wildman–Crippen LogP) is 5.94. The number of ketones is 2. The van der Waals surface area contributed by atoms with Gasteiger partial charge in [0.1, 0.15) is 46.0 Å². The molecule has 4 aromatic rings. The van der Waals surface area contributed by atoms with Crippen molar-refractivity contribution < 1.29 is 50.4 Å². The van der Waals surface area contributed by atoms with Gasteiger partial charge in [0, 0.05) is 47.1 Å². The second-order valence-corrected chi connectivity index (χ2v) is 11.0. The summed E-state index contributed by atoms with van der Waals surface area (Å²) in [5, 5.41) is 83.3. The quantitative estimate of drug-likeness (QED) is 0.0704. The van der Waals surface area contributed by atoms with Crippen LogP contribution in [0, 0.1) is 5.92 Å². The number of allylic oxidation sites excluding steroid dienone is 3. The fourth-order valence-corrected chi connectivity index (χ4v) is 5.92. The molecule has 0 saturated carbocycles. The Kier molecular flexibility index (Phi) is 8.15. The molecule has 0 heterocycles. The van der Waals surface area contributed by atoms with Gasteiger partial charge < -0.3 is 40.9 Å². The molecule has 0 spiro atoms. The molecule has 1 aliphatic carbocycles. The lowest BCUT2D eigenvalue weighted by Gasteiger charge is -2.37. The number of Topliss-reactive ketones (excluding diaryl/α,β-unsaturated/α-hetero) is 1. The van der Waals surface area contributed by atoms with E-state index in [-0.39, 0.29) is 57.4 Å². The number of carbonyl (C=O) groups excluding carboxylic acids is 2. The minimum absolute atomic E-state index is 0.138. The van der Waals surface area contributed by atoms with E-state index in [4.69, 9.17) is 0 Å². The van der Waals surface area contributed by atoms with E-state index in [1.54, 1.807) is 13.0 Å². The molecule has 5 rings (SSSR count). The number of hydrogen-bond donors (Lipinski definition) is 8. The first kappa shape index (κ1) is 30.6.